The molecule has 0 saturated heterocycles. The Hall–Kier alpha value is -1.26. The van der Waals surface area contributed by atoms with Crippen molar-refractivity contribution in [2.45, 2.75) is 71.3 Å². The molecule has 0 aromatic carbocycles. The van der Waals surface area contributed by atoms with Crippen LogP contribution in [0.2, 0.25) is 0 Å². The average Bonchev–Trinajstić information content (AvgIpc) is 2.40. The number of alkyl carbamates (subject to hydrolysis) is 1. The van der Waals surface area contributed by atoms with Crippen LogP contribution in [0.4, 0.5) is 4.79 Å². The standard InChI is InChI=1S/C16H29NO4/c1-16(2,3)21-15(19)17-11-12-20-14(18)10-9-13-7-5-4-6-8-13/h13H,4-12H2,1-3H3,(H,17,19). The lowest BCUT2D eigenvalue weighted by atomic mass is 9.86. The van der Waals surface area contributed by atoms with Crippen molar-refractivity contribution in [3.05, 3.63) is 0 Å². The van der Waals surface area contributed by atoms with Gasteiger partial charge in [-0.3, -0.25) is 4.79 Å². The van der Waals surface area contributed by atoms with Gasteiger partial charge in [0, 0.05) is 6.42 Å². The van der Waals surface area contributed by atoms with Crippen LogP contribution in [0.25, 0.3) is 0 Å². The molecule has 5 heteroatoms. The number of amides is 1. The van der Waals surface area contributed by atoms with E-state index in [0.717, 1.165) is 6.42 Å². The summed E-state index contributed by atoms with van der Waals surface area (Å²) in [7, 11) is 0. The van der Waals surface area contributed by atoms with Gasteiger partial charge in [-0.15, -0.1) is 0 Å². The topological polar surface area (TPSA) is 64.6 Å². The summed E-state index contributed by atoms with van der Waals surface area (Å²) in [6.45, 7) is 5.89. The van der Waals surface area contributed by atoms with Crippen LogP contribution in [-0.2, 0) is 14.3 Å². The zero-order chi connectivity index (χ0) is 15.7. The van der Waals surface area contributed by atoms with Gasteiger partial charge in [-0.05, 0) is 33.1 Å². The molecule has 0 aromatic heterocycles. The molecule has 1 N–H and O–H groups in total. The highest BCUT2D eigenvalue weighted by Crippen LogP contribution is 2.27. The number of nitrogens with one attached hydrogen (secondary N) is 1. The molecule has 1 saturated carbocycles. The Balaban J connectivity index is 2.01. The van der Waals surface area contributed by atoms with Gasteiger partial charge in [0.2, 0.25) is 0 Å². The minimum atomic E-state index is -0.513. The summed E-state index contributed by atoms with van der Waals surface area (Å²) >= 11 is 0. The first kappa shape index (κ1) is 17.8. The Morgan fingerprint density at radius 1 is 1.14 bits per heavy atom. The van der Waals surface area contributed by atoms with Crippen LogP contribution >= 0.6 is 0 Å². The fourth-order valence-electron chi connectivity index (χ4n) is 2.50. The van der Waals surface area contributed by atoms with Crippen LogP contribution in [0.5, 0.6) is 0 Å². The number of carbonyl (C=O) groups is 2. The van der Waals surface area contributed by atoms with E-state index >= 15 is 0 Å². The third-order valence-corrected chi connectivity index (χ3v) is 3.51. The molecule has 0 bridgehead atoms. The molecule has 0 heterocycles. The summed E-state index contributed by atoms with van der Waals surface area (Å²) in [6, 6.07) is 0. The summed E-state index contributed by atoms with van der Waals surface area (Å²) in [5, 5.41) is 2.56. The minimum Gasteiger partial charge on any atom is -0.464 e. The van der Waals surface area contributed by atoms with E-state index in [9.17, 15) is 9.59 Å². The summed E-state index contributed by atoms with van der Waals surface area (Å²) in [5.74, 6) is 0.512. The number of carbonyl (C=O) groups excluding carboxylic acids is 2. The second kappa shape index (κ2) is 8.90. The average molecular weight is 299 g/mol. The Morgan fingerprint density at radius 3 is 2.43 bits per heavy atom. The van der Waals surface area contributed by atoms with Crippen LogP contribution in [0, 0.1) is 5.92 Å². The Bertz CT molecular complexity index is 330. The van der Waals surface area contributed by atoms with E-state index in [0.29, 0.717) is 12.3 Å². The number of ether oxygens (including phenoxy) is 2. The van der Waals surface area contributed by atoms with E-state index in [1.165, 1.54) is 32.1 Å². The predicted octanol–water partition coefficient (Wildman–Crippen LogP) is 3.41. The Kier molecular flexibility index (Phi) is 7.54. The molecule has 1 rings (SSSR count). The summed E-state index contributed by atoms with van der Waals surface area (Å²) in [5.41, 5.74) is -0.513. The maximum absolute atomic E-state index is 11.6. The molecule has 0 unspecified atom stereocenters. The molecule has 1 aliphatic carbocycles. The van der Waals surface area contributed by atoms with E-state index in [1.807, 2.05) is 0 Å². The molecule has 5 nitrogen and oxygen atoms in total. The quantitative estimate of drug-likeness (QED) is 0.603. The number of esters is 1. The first-order valence-electron chi connectivity index (χ1n) is 7.99. The normalized spacial score (nSPS) is 16.3. The Morgan fingerprint density at radius 2 is 1.81 bits per heavy atom. The van der Waals surface area contributed by atoms with Crippen molar-refractivity contribution < 1.29 is 19.1 Å². The van der Waals surface area contributed by atoms with Crippen LogP contribution in [0.1, 0.15) is 65.7 Å². The van der Waals surface area contributed by atoms with Gasteiger partial charge in [-0.1, -0.05) is 32.1 Å². The third kappa shape index (κ3) is 9.32. The van der Waals surface area contributed by atoms with Gasteiger partial charge in [0.1, 0.15) is 12.2 Å². The monoisotopic (exact) mass is 299 g/mol. The van der Waals surface area contributed by atoms with Gasteiger partial charge in [0.05, 0.1) is 6.54 Å². The molecule has 1 fully saturated rings. The lowest BCUT2D eigenvalue weighted by Gasteiger charge is -2.21. The molecule has 0 aromatic rings. The van der Waals surface area contributed by atoms with Crippen molar-refractivity contribution in [1.82, 2.24) is 5.32 Å². The smallest absolute Gasteiger partial charge is 0.407 e. The van der Waals surface area contributed by atoms with Crippen molar-refractivity contribution >= 4 is 12.1 Å². The minimum absolute atomic E-state index is 0.174. The maximum Gasteiger partial charge on any atom is 0.407 e. The molecule has 0 aliphatic heterocycles. The van der Waals surface area contributed by atoms with Crippen molar-refractivity contribution in [1.29, 1.82) is 0 Å². The summed E-state index contributed by atoms with van der Waals surface area (Å²) in [4.78, 5) is 23.0. The van der Waals surface area contributed by atoms with Gasteiger partial charge in [0.25, 0.3) is 0 Å². The molecular formula is C16H29NO4. The Labute approximate surface area is 127 Å². The molecule has 1 amide bonds. The molecule has 0 radical (unpaired) electrons. The van der Waals surface area contributed by atoms with E-state index in [1.54, 1.807) is 20.8 Å². The van der Waals surface area contributed by atoms with Gasteiger partial charge in [0.15, 0.2) is 0 Å². The lowest BCUT2D eigenvalue weighted by Crippen LogP contribution is -2.34. The lowest BCUT2D eigenvalue weighted by molar-refractivity contribution is -0.143. The fourth-order valence-corrected chi connectivity index (χ4v) is 2.50. The zero-order valence-electron chi connectivity index (χ0n) is 13.6. The van der Waals surface area contributed by atoms with Crippen LogP contribution in [0.15, 0.2) is 0 Å². The van der Waals surface area contributed by atoms with Crippen LogP contribution < -0.4 is 5.32 Å². The highest BCUT2D eigenvalue weighted by Gasteiger charge is 2.16. The van der Waals surface area contributed by atoms with Crippen LogP contribution in [-0.4, -0.2) is 30.8 Å². The van der Waals surface area contributed by atoms with Crippen molar-refractivity contribution in [2.24, 2.45) is 5.92 Å². The zero-order valence-corrected chi connectivity index (χ0v) is 13.6. The number of hydrogen-bond acceptors (Lipinski definition) is 4. The second-order valence-electron chi connectivity index (χ2n) is 6.69. The molecule has 122 valence electrons. The van der Waals surface area contributed by atoms with Gasteiger partial charge in [-0.2, -0.15) is 0 Å². The first-order chi connectivity index (χ1) is 9.87. The highest BCUT2D eigenvalue weighted by molar-refractivity contribution is 5.69. The SMILES string of the molecule is CC(C)(C)OC(=O)NCCOC(=O)CCC1CCCCC1. The summed E-state index contributed by atoms with van der Waals surface area (Å²) < 4.78 is 10.2. The predicted molar refractivity (Wildman–Crippen MR) is 81.0 cm³/mol. The van der Waals surface area contributed by atoms with E-state index in [4.69, 9.17) is 9.47 Å². The molecule has 21 heavy (non-hydrogen) atoms. The number of hydrogen-bond donors (Lipinski definition) is 1. The molecule has 0 spiro atoms. The highest BCUT2D eigenvalue weighted by atomic mass is 16.6. The van der Waals surface area contributed by atoms with Gasteiger partial charge in [-0.25, -0.2) is 4.79 Å². The van der Waals surface area contributed by atoms with E-state index in [2.05, 4.69) is 5.32 Å². The summed E-state index contributed by atoms with van der Waals surface area (Å²) in [6.07, 6.45) is 7.33. The van der Waals surface area contributed by atoms with Crippen molar-refractivity contribution in [2.75, 3.05) is 13.2 Å². The second-order valence-corrected chi connectivity index (χ2v) is 6.69. The van der Waals surface area contributed by atoms with Crippen LogP contribution in [0.3, 0.4) is 0 Å². The van der Waals surface area contributed by atoms with Gasteiger partial charge >= 0.3 is 12.1 Å². The fraction of sp³-hybridized carbons (Fsp3) is 0.875. The first-order valence-corrected chi connectivity index (χ1v) is 7.99. The van der Waals surface area contributed by atoms with E-state index in [-0.39, 0.29) is 19.1 Å². The van der Waals surface area contributed by atoms with Crippen molar-refractivity contribution in [3.8, 4) is 0 Å². The maximum atomic E-state index is 11.6. The van der Waals surface area contributed by atoms with E-state index < -0.39 is 11.7 Å². The van der Waals surface area contributed by atoms with Crippen molar-refractivity contribution in [3.63, 3.8) is 0 Å². The number of rotatable bonds is 6. The molecule has 0 atom stereocenters. The molecular weight excluding hydrogens is 270 g/mol. The van der Waals surface area contributed by atoms with Gasteiger partial charge < -0.3 is 14.8 Å². The largest absolute Gasteiger partial charge is 0.464 e. The third-order valence-electron chi connectivity index (χ3n) is 3.51. The molecule has 1 aliphatic rings.